The van der Waals surface area contributed by atoms with Crippen molar-refractivity contribution in [2.45, 2.75) is 70.7 Å². The van der Waals surface area contributed by atoms with E-state index >= 15 is 0 Å². The Morgan fingerprint density at radius 2 is 1.73 bits per heavy atom. The van der Waals surface area contributed by atoms with Crippen molar-refractivity contribution in [2.24, 2.45) is 0 Å². The Hall–Kier alpha value is -1.47. The Bertz CT molecular complexity index is 679. The molecule has 0 amide bonds. The van der Waals surface area contributed by atoms with Gasteiger partial charge in [-0.3, -0.25) is 15.4 Å². The van der Waals surface area contributed by atoms with Gasteiger partial charge in [-0.1, -0.05) is 41.5 Å². The van der Waals surface area contributed by atoms with Crippen LogP contribution in [0.1, 0.15) is 48.0 Å². The van der Waals surface area contributed by atoms with E-state index in [4.69, 9.17) is 15.2 Å². The van der Waals surface area contributed by atoms with Gasteiger partial charge in [-0.2, -0.15) is 0 Å². The third-order valence-corrected chi connectivity index (χ3v) is 11.8. The van der Waals surface area contributed by atoms with Crippen LogP contribution in [0.4, 0.5) is 4.39 Å². The van der Waals surface area contributed by atoms with Gasteiger partial charge in [0.1, 0.15) is 11.3 Å². The van der Waals surface area contributed by atoms with E-state index in [2.05, 4.69) is 41.5 Å². The molecule has 0 saturated carbocycles. The highest BCUT2D eigenvalue weighted by atomic mass is 28.4. The molecule has 2 N–H and O–H groups in total. The largest absolute Gasteiger partial charge is 0.411 e. The summed E-state index contributed by atoms with van der Waals surface area (Å²) >= 11 is 0. The summed E-state index contributed by atoms with van der Waals surface area (Å²) in [6.07, 6.45) is 2.17. The molecule has 5 nitrogen and oxygen atoms in total. The summed E-state index contributed by atoms with van der Waals surface area (Å²) in [4.78, 5) is 1.89. The number of hydrogen-bond acceptors (Lipinski definition) is 3. The minimum absolute atomic E-state index is 0.0950. The van der Waals surface area contributed by atoms with Crippen LogP contribution in [0.5, 0.6) is 0 Å². The van der Waals surface area contributed by atoms with Crippen molar-refractivity contribution in [2.75, 3.05) is 13.1 Å². The van der Waals surface area contributed by atoms with Gasteiger partial charge in [0.05, 0.1) is 6.10 Å². The van der Waals surface area contributed by atoms with Gasteiger partial charge in [0.15, 0.2) is 0 Å². The summed E-state index contributed by atoms with van der Waals surface area (Å²) < 4.78 is 21.6. The fraction of sp³-hybridized carbons (Fsp3) is 0.684. The van der Waals surface area contributed by atoms with E-state index in [-0.39, 0.29) is 17.6 Å². The Morgan fingerprint density at radius 1 is 1.15 bits per heavy atom. The molecule has 146 valence electrons. The minimum atomic E-state index is -1.96. The maximum absolute atomic E-state index is 13.5. The zero-order chi connectivity index (χ0) is 19.6. The maximum Gasteiger partial charge on any atom is 0.203 e. The summed E-state index contributed by atoms with van der Waals surface area (Å²) in [6.45, 7) is 15.0. The van der Waals surface area contributed by atoms with Crippen LogP contribution < -0.4 is 5.49 Å². The average molecular weight is 381 g/mol. The molecule has 7 heteroatoms. The summed E-state index contributed by atoms with van der Waals surface area (Å²) in [5, 5.41) is 16.3. The lowest BCUT2D eigenvalue weighted by atomic mass is 10.3. The van der Waals surface area contributed by atoms with Crippen molar-refractivity contribution in [3.8, 4) is 0 Å². The summed E-state index contributed by atoms with van der Waals surface area (Å²) in [6, 6.07) is 2.62. The van der Waals surface area contributed by atoms with Crippen LogP contribution in [-0.4, -0.2) is 42.9 Å². The first-order valence-corrected chi connectivity index (χ1v) is 11.7. The van der Waals surface area contributed by atoms with E-state index in [0.29, 0.717) is 29.7 Å². The van der Waals surface area contributed by atoms with Crippen molar-refractivity contribution < 1.29 is 8.82 Å². The fourth-order valence-corrected chi connectivity index (χ4v) is 10.1. The molecule has 1 aliphatic rings. The third-order valence-electron chi connectivity index (χ3n) is 5.66. The predicted molar refractivity (Wildman–Crippen MR) is 105 cm³/mol. The van der Waals surface area contributed by atoms with Crippen LogP contribution in [0.3, 0.4) is 0 Å². The van der Waals surface area contributed by atoms with Crippen LogP contribution in [0.15, 0.2) is 18.3 Å². The maximum atomic E-state index is 13.5. The van der Waals surface area contributed by atoms with Crippen LogP contribution in [0, 0.1) is 16.6 Å². The van der Waals surface area contributed by atoms with Gasteiger partial charge in [-0.05, 0) is 35.2 Å². The van der Waals surface area contributed by atoms with E-state index in [1.165, 1.54) is 22.9 Å². The number of likely N-dealkylation sites (tertiary alicyclic amines) is 1. The number of nitrogens with zero attached hydrogens (tertiary/aromatic N) is 2. The Balaban J connectivity index is 2.16. The highest BCUT2D eigenvalue weighted by Gasteiger charge is 2.47. The van der Waals surface area contributed by atoms with Gasteiger partial charge in [0.25, 0.3) is 0 Å². The molecular weight excluding hydrogens is 347 g/mol. The number of halogens is 1. The average Bonchev–Trinajstić information content (AvgIpc) is 3.01. The Labute approximate surface area is 157 Å². The van der Waals surface area contributed by atoms with Gasteiger partial charge in [-0.15, -0.1) is 0 Å². The number of aromatic nitrogens is 1. The zero-order valence-corrected chi connectivity index (χ0v) is 17.8. The molecule has 2 heterocycles. The summed E-state index contributed by atoms with van der Waals surface area (Å²) in [5.74, 6) is -0.296. The molecule has 1 saturated heterocycles. The standard InChI is InChI=1S/C19H33FN4OSi/c1-13(2)26(14(3)4,15(5)6)25-17-9-10-23(12-17)19(22)24-11-16(20)7-8-18(24)21/h7-8,11,13-15,17,21-22H,9-10,12H2,1-6H3. The molecule has 1 aromatic heterocycles. The number of rotatable bonds is 5. The monoisotopic (exact) mass is 380 g/mol. The van der Waals surface area contributed by atoms with Crippen molar-refractivity contribution in [1.82, 2.24) is 9.47 Å². The highest BCUT2D eigenvalue weighted by Crippen LogP contribution is 2.43. The van der Waals surface area contributed by atoms with E-state index < -0.39 is 14.1 Å². The van der Waals surface area contributed by atoms with Gasteiger partial charge in [0, 0.05) is 19.3 Å². The topological polar surface area (TPSA) is 65.1 Å². The highest BCUT2D eigenvalue weighted by molar-refractivity contribution is 6.77. The second kappa shape index (κ2) is 8.04. The summed E-state index contributed by atoms with van der Waals surface area (Å²) in [5.41, 5.74) is 1.67. The lowest BCUT2D eigenvalue weighted by molar-refractivity contribution is 0.184. The van der Waals surface area contributed by atoms with Gasteiger partial charge in [0.2, 0.25) is 14.3 Å². The molecule has 1 aliphatic heterocycles. The molecular formula is C19H33FN4OSi. The SMILES string of the molecule is CC(C)[Si](OC1CCN(C(=N)n2cc(F)ccc2=N)C1)(C(C)C)C(C)C. The van der Waals surface area contributed by atoms with Gasteiger partial charge < -0.3 is 9.33 Å². The van der Waals surface area contributed by atoms with Crippen LogP contribution in [0.2, 0.25) is 16.6 Å². The van der Waals surface area contributed by atoms with Crippen LogP contribution in [0.25, 0.3) is 0 Å². The Kier molecular flexibility index (Phi) is 6.45. The molecule has 0 aliphatic carbocycles. The van der Waals surface area contributed by atoms with Crippen molar-refractivity contribution in [1.29, 1.82) is 10.8 Å². The molecule has 0 aromatic carbocycles. The second-order valence-corrected chi connectivity index (χ2v) is 13.6. The number of pyridine rings is 1. The number of nitrogens with one attached hydrogen (secondary N) is 2. The van der Waals surface area contributed by atoms with Gasteiger partial charge in [-0.25, -0.2) is 4.39 Å². The van der Waals surface area contributed by atoms with E-state index in [1.807, 2.05) is 4.90 Å². The number of hydrogen-bond donors (Lipinski definition) is 2. The normalized spacial score (nSPS) is 18.4. The first kappa shape index (κ1) is 20.8. The molecule has 0 spiro atoms. The molecule has 26 heavy (non-hydrogen) atoms. The van der Waals surface area contributed by atoms with E-state index in [0.717, 1.165) is 6.42 Å². The van der Waals surface area contributed by atoms with Crippen LogP contribution in [-0.2, 0) is 4.43 Å². The molecule has 1 fully saturated rings. The van der Waals surface area contributed by atoms with Crippen molar-refractivity contribution >= 4 is 14.3 Å². The smallest absolute Gasteiger partial charge is 0.203 e. The first-order valence-electron chi connectivity index (χ1n) is 9.54. The summed E-state index contributed by atoms with van der Waals surface area (Å²) in [7, 11) is -1.96. The zero-order valence-electron chi connectivity index (χ0n) is 16.8. The first-order chi connectivity index (χ1) is 12.1. The van der Waals surface area contributed by atoms with Crippen molar-refractivity contribution in [3.05, 3.63) is 29.6 Å². The quantitative estimate of drug-likeness (QED) is 0.458. The Morgan fingerprint density at radius 3 is 2.27 bits per heavy atom. The fourth-order valence-electron chi connectivity index (χ4n) is 4.52. The molecule has 1 unspecified atom stereocenters. The molecule has 0 radical (unpaired) electrons. The molecule has 1 aromatic rings. The van der Waals surface area contributed by atoms with Crippen LogP contribution >= 0.6 is 0 Å². The van der Waals surface area contributed by atoms with Crippen molar-refractivity contribution in [3.63, 3.8) is 0 Å². The van der Waals surface area contributed by atoms with Gasteiger partial charge >= 0.3 is 0 Å². The second-order valence-electron chi connectivity index (χ2n) is 8.22. The minimum Gasteiger partial charge on any atom is -0.411 e. The molecule has 2 rings (SSSR count). The van der Waals surface area contributed by atoms with E-state index in [1.54, 1.807) is 0 Å². The lowest BCUT2D eigenvalue weighted by Gasteiger charge is -2.44. The third kappa shape index (κ3) is 3.93. The van der Waals surface area contributed by atoms with E-state index in [9.17, 15) is 4.39 Å². The lowest BCUT2D eigenvalue weighted by Crippen LogP contribution is -2.51. The predicted octanol–water partition coefficient (Wildman–Crippen LogP) is 4.16. The molecule has 1 atom stereocenters. The molecule has 0 bridgehead atoms.